The Morgan fingerprint density at radius 3 is 2.47 bits per heavy atom. The Labute approximate surface area is 120 Å². The maximum atomic E-state index is 11.9. The fourth-order valence-corrected chi connectivity index (χ4v) is 2.94. The zero-order valence-electron chi connectivity index (χ0n) is 10.7. The molecule has 4 heteroatoms. The van der Waals surface area contributed by atoms with Crippen LogP contribution in [0.1, 0.15) is 36.3 Å². The molecule has 0 radical (unpaired) electrons. The molecule has 1 saturated carbocycles. The topological polar surface area (TPSA) is 45.8 Å². The molecule has 0 aliphatic heterocycles. The van der Waals surface area contributed by atoms with Crippen LogP contribution in [-0.2, 0) is 5.41 Å². The Kier molecular flexibility index (Phi) is 3.05. The second kappa shape index (κ2) is 4.60. The predicted molar refractivity (Wildman–Crippen MR) is 78.4 cm³/mol. The molecule has 19 heavy (non-hydrogen) atoms. The van der Waals surface area contributed by atoms with Gasteiger partial charge in [0.05, 0.1) is 11.1 Å². The second-order valence-corrected chi connectivity index (χ2v) is 5.91. The van der Waals surface area contributed by atoms with E-state index in [0.29, 0.717) is 4.47 Å². The zero-order chi connectivity index (χ0) is 13.5. The van der Waals surface area contributed by atoms with Gasteiger partial charge in [0, 0.05) is 0 Å². The Morgan fingerprint density at radius 1 is 1.26 bits per heavy atom. The van der Waals surface area contributed by atoms with E-state index in [2.05, 4.69) is 38.0 Å². The van der Waals surface area contributed by atoms with Crippen LogP contribution in [0.15, 0.2) is 39.6 Å². The lowest BCUT2D eigenvalue weighted by Crippen LogP contribution is -2.39. The standard InChI is InChI=1S/C15H15BrN2O/c1-10-12(16)13(19)18-14(17-10)15(8-5-9-15)11-6-3-2-4-7-11/h2-4,6-7H,5,8-9H2,1H3,(H,17,18,19). The molecule has 0 saturated heterocycles. The van der Waals surface area contributed by atoms with E-state index in [-0.39, 0.29) is 11.0 Å². The quantitative estimate of drug-likeness (QED) is 0.923. The first-order chi connectivity index (χ1) is 9.13. The van der Waals surface area contributed by atoms with Crippen molar-refractivity contribution in [1.29, 1.82) is 0 Å². The van der Waals surface area contributed by atoms with Crippen molar-refractivity contribution in [3.05, 3.63) is 62.2 Å². The van der Waals surface area contributed by atoms with E-state index in [0.717, 1.165) is 24.4 Å². The summed E-state index contributed by atoms with van der Waals surface area (Å²) < 4.78 is 0.527. The highest BCUT2D eigenvalue weighted by molar-refractivity contribution is 9.10. The third-order valence-corrected chi connectivity index (χ3v) is 4.95. The summed E-state index contributed by atoms with van der Waals surface area (Å²) >= 11 is 3.27. The summed E-state index contributed by atoms with van der Waals surface area (Å²) in [5.41, 5.74) is 1.79. The van der Waals surface area contributed by atoms with E-state index in [4.69, 9.17) is 0 Å². The average Bonchev–Trinajstić information content (AvgIpc) is 2.36. The molecule has 1 aromatic carbocycles. The van der Waals surface area contributed by atoms with Crippen molar-refractivity contribution in [3.8, 4) is 0 Å². The first kappa shape index (κ1) is 12.6. The summed E-state index contributed by atoms with van der Waals surface area (Å²) in [4.78, 5) is 19.5. The Morgan fingerprint density at radius 2 is 1.95 bits per heavy atom. The van der Waals surface area contributed by atoms with Crippen molar-refractivity contribution in [2.75, 3.05) is 0 Å². The van der Waals surface area contributed by atoms with E-state index >= 15 is 0 Å². The van der Waals surface area contributed by atoms with E-state index in [9.17, 15) is 4.79 Å². The number of nitrogens with one attached hydrogen (secondary N) is 1. The van der Waals surface area contributed by atoms with Crippen LogP contribution in [0.4, 0.5) is 0 Å². The molecule has 0 atom stereocenters. The van der Waals surface area contributed by atoms with Gasteiger partial charge in [0.1, 0.15) is 10.3 Å². The van der Waals surface area contributed by atoms with Crippen LogP contribution in [0.5, 0.6) is 0 Å². The molecule has 3 nitrogen and oxygen atoms in total. The van der Waals surface area contributed by atoms with Crippen molar-refractivity contribution in [2.45, 2.75) is 31.6 Å². The van der Waals surface area contributed by atoms with Crippen LogP contribution in [0, 0.1) is 6.92 Å². The number of halogens is 1. The van der Waals surface area contributed by atoms with Crippen LogP contribution in [0.3, 0.4) is 0 Å². The largest absolute Gasteiger partial charge is 0.309 e. The van der Waals surface area contributed by atoms with Gasteiger partial charge in [-0.2, -0.15) is 0 Å². The Balaban J connectivity index is 2.16. The Bertz CT molecular complexity index is 660. The summed E-state index contributed by atoms with van der Waals surface area (Å²) in [6.07, 6.45) is 3.26. The molecule has 0 bridgehead atoms. The van der Waals surface area contributed by atoms with Crippen LogP contribution >= 0.6 is 15.9 Å². The number of nitrogens with zero attached hydrogens (tertiary/aromatic N) is 1. The van der Waals surface area contributed by atoms with Crippen LogP contribution < -0.4 is 5.56 Å². The van der Waals surface area contributed by atoms with Gasteiger partial charge in [-0.25, -0.2) is 4.98 Å². The lowest BCUT2D eigenvalue weighted by atomic mass is 9.64. The van der Waals surface area contributed by atoms with Gasteiger partial charge >= 0.3 is 0 Å². The first-order valence-corrected chi connectivity index (χ1v) is 7.25. The SMILES string of the molecule is Cc1nc(C2(c3ccccc3)CCC2)[nH]c(=O)c1Br. The monoisotopic (exact) mass is 318 g/mol. The smallest absolute Gasteiger partial charge is 0.265 e. The van der Waals surface area contributed by atoms with Gasteiger partial charge in [0.2, 0.25) is 0 Å². The third-order valence-electron chi connectivity index (χ3n) is 4.02. The predicted octanol–water partition coefficient (Wildman–Crippen LogP) is 3.31. The second-order valence-electron chi connectivity index (χ2n) is 5.12. The van der Waals surface area contributed by atoms with Gasteiger partial charge in [-0.05, 0) is 41.3 Å². The molecule has 3 rings (SSSR count). The maximum Gasteiger partial charge on any atom is 0.265 e. The van der Waals surface area contributed by atoms with E-state index in [1.165, 1.54) is 12.0 Å². The minimum atomic E-state index is -0.105. The van der Waals surface area contributed by atoms with E-state index in [1.54, 1.807) is 0 Å². The molecule has 0 spiro atoms. The number of benzene rings is 1. The highest BCUT2D eigenvalue weighted by Crippen LogP contribution is 2.47. The molecule has 98 valence electrons. The molecule has 2 aromatic rings. The maximum absolute atomic E-state index is 11.9. The molecular weight excluding hydrogens is 304 g/mol. The van der Waals surface area contributed by atoms with Crippen molar-refractivity contribution < 1.29 is 0 Å². The van der Waals surface area contributed by atoms with Gasteiger partial charge in [-0.1, -0.05) is 36.8 Å². The average molecular weight is 319 g/mol. The lowest BCUT2D eigenvalue weighted by molar-refractivity contribution is 0.284. The number of aromatic amines is 1. The minimum Gasteiger partial charge on any atom is -0.309 e. The third kappa shape index (κ3) is 1.94. The molecular formula is C15H15BrN2O. The fraction of sp³-hybridized carbons (Fsp3) is 0.333. The Hall–Kier alpha value is -1.42. The van der Waals surface area contributed by atoms with Crippen molar-refractivity contribution in [3.63, 3.8) is 0 Å². The summed E-state index contributed by atoms with van der Waals surface area (Å²) in [7, 11) is 0. The number of aromatic nitrogens is 2. The normalized spacial score (nSPS) is 16.9. The summed E-state index contributed by atoms with van der Waals surface area (Å²) in [5, 5.41) is 0. The van der Waals surface area contributed by atoms with E-state index < -0.39 is 0 Å². The van der Waals surface area contributed by atoms with Crippen LogP contribution in [0.25, 0.3) is 0 Å². The van der Waals surface area contributed by atoms with Crippen LogP contribution in [0.2, 0.25) is 0 Å². The number of aryl methyl sites for hydroxylation is 1. The van der Waals surface area contributed by atoms with Crippen molar-refractivity contribution >= 4 is 15.9 Å². The highest BCUT2D eigenvalue weighted by atomic mass is 79.9. The van der Waals surface area contributed by atoms with Crippen LogP contribution in [-0.4, -0.2) is 9.97 Å². The van der Waals surface area contributed by atoms with Gasteiger partial charge < -0.3 is 4.98 Å². The van der Waals surface area contributed by atoms with Gasteiger partial charge in [0.15, 0.2) is 0 Å². The summed E-state index contributed by atoms with van der Waals surface area (Å²) in [6, 6.07) is 10.3. The van der Waals surface area contributed by atoms with Crippen molar-refractivity contribution in [1.82, 2.24) is 9.97 Å². The summed E-state index contributed by atoms with van der Waals surface area (Å²) in [6.45, 7) is 1.86. The number of rotatable bonds is 2. The summed E-state index contributed by atoms with van der Waals surface area (Å²) in [5.74, 6) is 0.802. The fourth-order valence-electron chi connectivity index (χ4n) is 2.75. The molecule has 1 N–H and O–H groups in total. The number of hydrogen-bond donors (Lipinski definition) is 1. The van der Waals surface area contributed by atoms with E-state index in [1.807, 2.05) is 25.1 Å². The molecule has 1 heterocycles. The first-order valence-electron chi connectivity index (χ1n) is 6.46. The number of hydrogen-bond acceptors (Lipinski definition) is 2. The van der Waals surface area contributed by atoms with Gasteiger partial charge in [-0.15, -0.1) is 0 Å². The van der Waals surface area contributed by atoms with Gasteiger partial charge in [-0.3, -0.25) is 4.79 Å². The van der Waals surface area contributed by atoms with Crippen molar-refractivity contribution in [2.24, 2.45) is 0 Å². The zero-order valence-corrected chi connectivity index (χ0v) is 12.3. The highest BCUT2D eigenvalue weighted by Gasteiger charge is 2.42. The molecule has 1 fully saturated rings. The minimum absolute atomic E-state index is 0.0929. The molecule has 1 aromatic heterocycles. The molecule has 0 amide bonds. The molecule has 0 unspecified atom stereocenters. The lowest BCUT2D eigenvalue weighted by Gasteiger charge is -2.41. The molecule has 1 aliphatic rings. The number of H-pyrrole nitrogens is 1. The molecule has 1 aliphatic carbocycles. The van der Waals surface area contributed by atoms with Gasteiger partial charge in [0.25, 0.3) is 5.56 Å².